The van der Waals surface area contributed by atoms with Crippen molar-refractivity contribution in [3.63, 3.8) is 0 Å². The second kappa shape index (κ2) is 14.1. The van der Waals surface area contributed by atoms with Gasteiger partial charge in [0.2, 0.25) is 17.7 Å². The first-order chi connectivity index (χ1) is 16.3. The predicted octanol–water partition coefficient (Wildman–Crippen LogP) is 0.272. The Morgan fingerprint density at radius 2 is 1.31 bits per heavy atom. The van der Waals surface area contributed by atoms with Gasteiger partial charge in [-0.25, -0.2) is 4.79 Å². The summed E-state index contributed by atoms with van der Waals surface area (Å²) in [7, 11) is 0. The van der Waals surface area contributed by atoms with Crippen molar-refractivity contribution in [2.24, 2.45) is 17.6 Å². The van der Waals surface area contributed by atoms with E-state index in [4.69, 9.17) is 5.73 Å². The predicted molar refractivity (Wildman–Crippen MR) is 128 cm³/mol. The molecule has 1 aromatic carbocycles. The molecule has 0 radical (unpaired) electrons. The second-order valence-electron chi connectivity index (χ2n) is 9.21. The van der Waals surface area contributed by atoms with Crippen molar-refractivity contribution >= 4 is 29.7 Å². The number of carbonyl (C=O) groups is 5. The van der Waals surface area contributed by atoms with E-state index in [1.807, 2.05) is 13.8 Å². The van der Waals surface area contributed by atoms with Crippen LogP contribution in [-0.4, -0.2) is 64.0 Å². The highest BCUT2D eigenvalue weighted by molar-refractivity contribution is 5.95. The van der Waals surface area contributed by atoms with Crippen molar-refractivity contribution in [2.75, 3.05) is 0 Å². The van der Waals surface area contributed by atoms with Crippen LogP contribution in [0.15, 0.2) is 30.3 Å². The zero-order valence-electron chi connectivity index (χ0n) is 20.5. The van der Waals surface area contributed by atoms with Crippen LogP contribution < -0.4 is 21.7 Å². The molecule has 4 atom stereocenters. The lowest BCUT2D eigenvalue weighted by atomic mass is 10.0. The molecule has 3 amide bonds. The van der Waals surface area contributed by atoms with Gasteiger partial charge in [-0.05, 0) is 23.8 Å². The Hall–Kier alpha value is -3.47. The van der Waals surface area contributed by atoms with E-state index < -0.39 is 60.2 Å². The standard InChI is InChI=1S/C24H36N4O7/c1-13(2)10-16(21(31)28-18(24(34)35)11-15-8-6-5-7-9-15)26-22(32)17(12-19(29)30)27-23(33)20(25)14(3)4/h5-9,13-14,16-18,20H,10-12,25H2,1-4H3,(H,26,32)(H,27,33)(H,28,31)(H,29,30)(H,34,35). The number of carboxylic acid groups (broad SMARTS) is 2. The lowest BCUT2D eigenvalue weighted by Gasteiger charge is -2.26. The topological polar surface area (TPSA) is 188 Å². The molecule has 1 rings (SSSR count). The van der Waals surface area contributed by atoms with Gasteiger partial charge in [0.25, 0.3) is 0 Å². The maximum absolute atomic E-state index is 13.0. The van der Waals surface area contributed by atoms with Crippen LogP contribution in [0.2, 0.25) is 0 Å². The molecule has 0 aliphatic rings. The van der Waals surface area contributed by atoms with Crippen LogP contribution in [0, 0.1) is 11.8 Å². The van der Waals surface area contributed by atoms with E-state index in [9.17, 15) is 34.2 Å². The van der Waals surface area contributed by atoms with Crippen LogP contribution in [-0.2, 0) is 30.4 Å². The van der Waals surface area contributed by atoms with Crippen LogP contribution in [0.5, 0.6) is 0 Å². The van der Waals surface area contributed by atoms with Crippen LogP contribution >= 0.6 is 0 Å². The highest BCUT2D eigenvalue weighted by atomic mass is 16.4. The molecule has 0 aromatic heterocycles. The van der Waals surface area contributed by atoms with Gasteiger partial charge >= 0.3 is 11.9 Å². The van der Waals surface area contributed by atoms with Crippen LogP contribution in [0.4, 0.5) is 0 Å². The molecule has 11 heteroatoms. The molecule has 0 heterocycles. The summed E-state index contributed by atoms with van der Waals surface area (Å²) in [6, 6.07) is 3.94. The number of benzene rings is 1. The van der Waals surface area contributed by atoms with Gasteiger partial charge in [0.05, 0.1) is 12.5 Å². The van der Waals surface area contributed by atoms with Gasteiger partial charge in [0, 0.05) is 6.42 Å². The second-order valence-corrected chi connectivity index (χ2v) is 9.21. The van der Waals surface area contributed by atoms with E-state index in [-0.39, 0.29) is 24.7 Å². The Morgan fingerprint density at radius 1 is 0.800 bits per heavy atom. The van der Waals surface area contributed by atoms with Gasteiger partial charge in [-0.15, -0.1) is 0 Å². The van der Waals surface area contributed by atoms with Crippen LogP contribution in [0.25, 0.3) is 0 Å². The summed E-state index contributed by atoms with van der Waals surface area (Å²) in [6.07, 6.45) is -0.520. The Morgan fingerprint density at radius 3 is 1.80 bits per heavy atom. The fraction of sp³-hybridized carbons (Fsp3) is 0.542. The van der Waals surface area contributed by atoms with Crippen LogP contribution in [0.3, 0.4) is 0 Å². The Kier molecular flexibility index (Phi) is 11.9. The van der Waals surface area contributed by atoms with Gasteiger partial charge in [-0.3, -0.25) is 19.2 Å². The summed E-state index contributed by atoms with van der Waals surface area (Å²) in [6.45, 7) is 7.02. The van der Waals surface area contributed by atoms with Gasteiger partial charge < -0.3 is 31.9 Å². The summed E-state index contributed by atoms with van der Waals surface area (Å²) >= 11 is 0. The highest BCUT2D eigenvalue weighted by Gasteiger charge is 2.32. The minimum atomic E-state index is -1.47. The molecular formula is C24H36N4O7. The number of aliphatic carboxylic acids is 2. The minimum Gasteiger partial charge on any atom is -0.481 e. The number of rotatable bonds is 14. The lowest BCUT2D eigenvalue weighted by molar-refractivity contribution is -0.143. The molecule has 35 heavy (non-hydrogen) atoms. The maximum Gasteiger partial charge on any atom is 0.326 e. The molecule has 194 valence electrons. The molecule has 0 bridgehead atoms. The highest BCUT2D eigenvalue weighted by Crippen LogP contribution is 2.09. The van der Waals surface area contributed by atoms with Crippen molar-refractivity contribution < 1.29 is 34.2 Å². The molecule has 1 aromatic rings. The molecule has 0 spiro atoms. The van der Waals surface area contributed by atoms with E-state index in [0.717, 1.165) is 0 Å². The smallest absolute Gasteiger partial charge is 0.326 e. The number of amides is 3. The molecule has 0 saturated carbocycles. The molecule has 0 aliphatic heterocycles. The SMILES string of the molecule is CC(C)CC(NC(=O)C(CC(=O)O)NC(=O)C(N)C(C)C)C(=O)NC(Cc1ccccc1)C(=O)O. The van der Waals surface area contributed by atoms with Gasteiger partial charge in [-0.2, -0.15) is 0 Å². The Balaban J connectivity index is 3.02. The molecular weight excluding hydrogens is 456 g/mol. The summed E-state index contributed by atoms with van der Waals surface area (Å²) in [5.74, 6) is -5.19. The summed E-state index contributed by atoms with van der Waals surface area (Å²) < 4.78 is 0. The first-order valence-electron chi connectivity index (χ1n) is 11.5. The number of hydrogen-bond acceptors (Lipinski definition) is 6. The Bertz CT molecular complexity index is 889. The van der Waals surface area contributed by atoms with E-state index in [1.54, 1.807) is 44.2 Å². The molecule has 4 unspecified atom stereocenters. The minimum absolute atomic E-state index is 0.0368. The number of carboxylic acids is 2. The summed E-state index contributed by atoms with van der Waals surface area (Å²) in [5.41, 5.74) is 6.49. The van der Waals surface area contributed by atoms with Gasteiger partial charge in [-0.1, -0.05) is 58.0 Å². The van der Waals surface area contributed by atoms with E-state index in [1.165, 1.54) is 0 Å². The fourth-order valence-corrected chi connectivity index (χ4v) is 3.25. The number of hydrogen-bond donors (Lipinski definition) is 6. The molecule has 0 saturated heterocycles. The Labute approximate surface area is 204 Å². The lowest BCUT2D eigenvalue weighted by Crippen LogP contribution is -2.58. The monoisotopic (exact) mass is 492 g/mol. The van der Waals surface area contributed by atoms with Crippen molar-refractivity contribution in [1.82, 2.24) is 16.0 Å². The zero-order valence-corrected chi connectivity index (χ0v) is 20.5. The van der Waals surface area contributed by atoms with Crippen LogP contribution in [0.1, 0.15) is 46.1 Å². The average molecular weight is 493 g/mol. The summed E-state index contributed by atoms with van der Waals surface area (Å²) in [5, 5.41) is 26.0. The zero-order chi connectivity index (χ0) is 26.7. The van der Waals surface area contributed by atoms with Crippen molar-refractivity contribution in [2.45, 2.75) is 71.1 Å². The normalized spacial score (nSPS) is 14.5. The third-order valence-corrected chi connectivity index (χ3v) is 5.27. The molecule has 7 N–H and O–H groups in total. The van der Waals surface area contributed by atoms with Crippen molar-refractivity contribution in [3.8, 4) is 0 Å². The largest absolute Gasteiger partial charge is 0.481 e. The van der Waals surface area contributed by atoms with Crippen molar-refractivity contribution in [3.05, 3.63) is 35.9 Å². The number of carbonyl (C=O) groups excluding carboxylic acids is 3. The first kappa shape index (κ1) is 29.6. The summed E-state index contributed by atoms with van der Waals surface area (Å²) in [4.78, 5) is 61.2. The third kappa shape index (κ3) is 10.6. The maximum atomic E-state index is 13.0. The van der Waals surface area contributed by atoms with E-state index in [0.29, 0.717) is 5.56 Å². The van der Waals surface area contributed by atoms with E-state index in [2.05, 4.69) is 16.0 Å². The average Bonchev–Trinajstić information content (AvgIpc) is 2.76. The molecule has 0 fully saturated rings. The first-order valence-corrected chi connectivity index (χ1v) is 11.5. The number of nitrogens with two attached hydrogens (primary N) is 1. The quantitative estimate of drug-likeness (QED) is 0.213. The number of nitrogens with one attached hydrogen (secondary N) is 3. The van der Waals surface area contributed by atoms with Gasteiger partial charge in [0.15, 0.2) is 0 Å². The third-order valence-electron chi connectivity index (χ3n) is 5.27. The van der Waals surface area contributed by atoms with Crippen molar-refractivity contribution in [1.29, 1.82) is 0 Å². The fourth-order valence-electron chi connectivity index (χ4n) is 3.25. The molecule has 11 nitrogen and oxygen atoms in total. The molecule has 0 aliphatic carbocycles. The van der Waals surface area contributed by atoms with Gasteiger partial charge in [0.1, 0.15) is 18.1 Å². The van der Waals surface area contributed by atoms with E-state index >= 15 is 0 Å².